The Kier molecular flexibility index (Phi) is 6.96. The summed E-state index contributed by atoms with van der Waals surface area (Å²) in [6, 6.07) is 7.09. The maximum absolute atomic E-state index is 12.4. The van der Waals surface area contributed by atoms with E-state index in [1.165, 1.54) is 0 Å². The van der Waals surface area contributed by atoms with Crippen molar-refractivity contribution in [1.82, 2.24) is 10.6 Å². The molecule has 2 aliphatic rings. The van der Waals surface area contributed by atoms with Crippen molar-refractivity contribution in [2.75, 3.05) is 20.3 Å². The molecular formula is C20H27ClN2O4. The number of hydrogen-bond donors (Lipinski definition) is 2. The standard InChI is InChI=1S/C20H27ClN2O4/c1-26-17-5-2-13-10-14(20(25)23-18(13)11-17)8-9-22-19(24)12-27-16-6-3-15(21)4-7-16/h3-4,6-7,13-14,17-18H,2,5,8-12H2,1H3,(H,22,24)(H,23,25). The first-order chi connectivity index (χ1) is 13.0. The molecule has 2 amide bonds. The van der Waals surface area contributed by atoms with E-state index in [1.807, 2.05) is 0 Å². The third-order valence-corrected chi connectivity index (χ3v) is 5.81. The highest BCUT2D eigenvalue weighted by Crippen LogP contribution is 2.35. The van der Waals surface area contributed by atoms with Gasteiger partial charge in [-0.15, -0.1) is 0 Å². The van der Waals surface area contributed by atoms with Crippen molar-refractivity contribution in [3.05, 3.63) is 29.3 Å². The van der Waals surface area contributed by atoms with Crippen LogP contribution < -0.4 is 15.4 Å². The number of fused-ring (bicyclic) bond motifs is 1. The number of piperidine rings is 1. The van der Waals surface area contributed by atoms with Crippen LogP contribution in [-0.4, -0.2) is 44.2 Å². The van der Waals surface area contributed by atoms with Crippen molar-refractivity contribution in [3.63, 3.8) is 0 Å². The molecule has 4 atom stereocenters. The van der Waals surface area contributed by atoms with Crippen LogP contribution in [0, 0.1) is 11.8 Å². The molecule has 1 aromatic rings. The van der Waals surface area contributed by atoms with Crippen LogP contribution >= 0.6 is 11.6 Å². The lowest BCUT2D eigenvalue weighted by atomic mass is 9.74. The van der Waals surface area contributed by atoms with E-state index >= 15 is 0 Å². The second-order valence-corrected chi connectivity index (χ2v) is 7.80. The molecule has 7 heteroatoms. The molecule has 0 aromatic heterocycles. The Morgan fingerprint density at radius 1 is 1.26 bits per heavy atom. The molecule has 0 radical (unpaired) electrons. The number of ether oxygens (including phenoxy) is 2. The number of rotatable bonds is 7. The van der Waals surface area contributed by atoms with E-state index in [2.05, 4.69) is 10.6 Å². The first-order valence-corrected chi connectivity index (χ1v) is 9.91. The lowest BCUT2D eigenvalue weighted by Crippen LogP contribution is -2.53. The van der Waals surface area contributed by atoms with Crippen LogP contribution in [0.2, 0.25) is 5.02 Å². The number of nitrogens with one attached hydrogen (secondary N) is 2. The largest absolute Gasteiger partial charge is 0.484 e. The summed E-state index contributed by atoms with van der Waals surface area (Å²) in [6.45, 7) is 0.417. The number of hydrogen-bond acceptors (Lipinski definition) is 4. The number of carbonyl (C=O) groups excluding carboxylic acids is 2. The van der Waals surface area contributed by atoms with Crippen molar-refractivity contribution >= 4 is 23.4 Å². The molecule has 148 valence electrons. The van der Waals surface area contributed by atoms with Crippen LogP contribution in [0.5, 0.6) is 5.75 Å². The maximum Gasteiger partial charge on any atom is 0.257 e. The third kappa shape index (κ3) is 5.59. The number of methoxy groups -OCH3 is 1. The first kappa shape index (κ1) is 20.0. The normalized spacial score (nSPS) is 27.4. The summed E-state index contributed by atoms with van der Waals surface area (Å²) in [7, 11) is 1.73. The second-order valence-electron chi connectivity index (χ2n) is 7.36. The van der Waals surface area contributed by atoms with Crippen LogP contribution in [0.15, 0.2) is 24.3 Å². The Labute approximate surface area is 164 Å². The minimum absolute atomic E-state index is 0.0390. The van der Waals surface area contributed by atoms with E-state index in [1.54, 1.807) is 31.4 Å². The first-order valence-electron chi connectivity index (χ1n) is 9.53. The molecule has 27 heavy (non-hydrogen) atoms. The van der Waals surface area contributed by atoms with Gasteiger partial charge in [-0.25, -0.2) is 0 Å². The molecule has 4 unspecified atom stereocenters. The lowest BCUT2D eigenvalue weighted by Gasteiger charge is -2.41. The van der Waals surface area contributed by atoms with Gasteiger partial charge in [-0.3, -0.25) is 9.59 Å². The van der Waals surface area contributed by atoms with E-state index < -0.39 is 0 Å². The van der Waals surface area contributed by atoms with E-state index in [4.69, 9.17) is 21.1 Å². The Balaban J connectivity index is 1.37. The number of halogens is 1. The van der Waals surface area contributed by atoms with Gasteiger partial charge in [0.1, 0.15) is 5.75 Å². The van der Waals surface area contributed by atoms with Gasteiger partial charge in [0.25, 0.3) is 5.91 Å². The van der Waals surface area contributed by atoms with Gasteiger partial charge in [0.05, 0.1) is 6.10 Å². The average Bonchev–Trinajstić information content (AvgIpc) is 2.67. The molecule has 1 aliphatic carbocycles. The second kappa shape index (κ2) is 9.42. The molecule has 1 saturated carbocycles. The summed E-state index contributed by atoms with van der Waals surface area (Å²) in [5.41, 5.74) is 0. The fourth-order valence-electron chi connectivity index (χ4n) is 4.01. The summed E-state index contributed by atoms with van der Waals surface area (Å²) in [6.07, 6.45) is 4.83. The van der Waals surface area contributed by atoms with E-state index in [-0.39, 0.29) is 36.5 Å². The van der Waals surface area contributed by atoms with Gasteiger partial charge < -0.3 is 20.1 Å². The van der Waals surface area contributed by atoms with E-state index in [0.717, 1.165) is 25.7 Å². The smallest absolute Gasteiger partial charge is 0.257 e. The van der Waals surface area contributed by atoms with Gasteiger partial charge in [0, 0.05) is 30.6 Å². The maximum atomic E-state index is 12.4. The highest BCUT2D eigenvalue weighted by atomic mass is 35.5. The fourth-order valence-corrected chi connectivity index (χ4v) is 4.13. The Morgan fingerprint density at radius 3 is 2.78 bits per heavy atom. The SMILES string of the molecule is COC1CCC2CC(CCNC(=O)COc3ccc(Cl)cc3)C(=O)NC2C1. The molecule has 1 aromatic carbocycles. The predicted molar refractivity (Wildman–Crippen MR) is 103 cm³/mol. The lowest BCUT2D eigenvalue weighted by molar-refractivity contribution is -0.131. The molecule has 3 rings (SSSR count). The molecule has 1 aliphatic heterocycles. The molecule has 2 N–H and O–H groups in total. The Bertz CT molecular complexity index is 652. The molecular weight excluding hydrogens is 368 g/mol. The minimum Gasteiger partial charge on any atom is -0.484 e. The molecule has 1 saturated heterocycles. The summed E-state index contributed by atoms with van der Waals surface area (Å²) < 4.78 is 10.9. The average molecular weight is 395 g/mol. The fraction of sp³-hybridized carbons (Fsp3) is 0.600. The van der Waals surface area contributed by atoms with Crippen LogP contribution in [0.1, 0.15) is 32.1 Å². The molecule has 6 nitrogen and oxygen atoms in total. The quantitative estimate of drug-likeness (QED) is 0.745. The Morgan fingerprint density at radius 2 is 2.04 bits per heavy atom. The summed E-state index contributed by atoms with van der Waals surface area (Å²) >= 11 is 5.81. The van der Waals surface area contributed by atoms with Crippen molar-refractivity contribution in [3.8, 4) is 5.75 Å². The Hall–Kier alpha value is -1.79. The zero-order chi connectivity index (χ0) is 19.2. The summed E-state index contributed by atoms with van der Waals surface area (Å²) in [5, 5.41) is 6.61. The monoisotopic (exact) mass is 394 g/mol. The van der Waals surface area contributed by atoms with Crippen LogP contribution in [0.25, 0.3) is 0 Å². The van der Waals surface area contributed by atoms with Crippen molar-refractivity contribution in [1.29, 1.82) is 0 Å². The summed E-state index contributed by atoms with van der Waals surface area (Å²) in [5.74, 6) is 0.976. The highest BCUT2D eigenvalue weighted by Gasteiger charge is 2.39. The number of benzene rings is 1. The van der Waals surface area contributed by atoms with Crippen LogP contribution in [0.3, 0.4) is 0 Å². The minimum atomic E-state index is -0.195. The molecule has 0 bridgehead atoms. The zero-order valence-electron chi connectivity index (χ0n) is 15.6. The van der Waals surface area contributed by atoms with Crippen molar-refractivity contribution < 1.29 is 19.1 Å². The zero-order valence-corrected chi connectivity index (χ0v) is 16.3. The predicted octanol–water partition coefficient (Wildman–Crippen LogP) is 2.54. The molecule has 2 fully saturated rings. The highest BCUT2D eigenvalue weighted by molar-refractivity contribution is 6.30. The van der Waals surface area contributed by atoms with E-state index in [9.17, 15) is 9.59 Å². The van der Waals surface area contributed by atoms with E-state index in [0.29, 0.717) is 29.7 Å². The third-order valence-electron chi connectivity index (χ3n) is 5.56. The van der Waals surface area contributed by atoms with Gasteiger partial charge in [0.15, 0.2) is 6.61 Å². The molecule has 0 spiro atoms. The van der Waals surface area contributed by atoms with Gasteiger partial charge in [-0.05, 0) is 62.3 Å². The molecule has 1 heterocycles. The van der Waals surface area contributed by atoms with Gasteiger partial charge in [-0.1, -0.05) is 11.6 Å². The number of carbonyl (C=O) groups is 2. The summed E-state index contributed by atoms with van der Waals surface area (Å²) in [4.78, 5) is 24.3. The van der Waals surface area contributed by atoms with Crippen molar-refractivity contribution in [2.24, 2.45) is 11.8 Å². The van der Waals surface area contributed by atoms with Gasteiger partial charge in [0.2, 0.25) is 5.91 Å². The van der Waals surface area contributed by atoms with Gasteiger partial charge >= 0.3 is 0 Å². The van der Waals surface area contributed by atoms with Crippen LogP contribution in [-0.2, 0) is 14.3 Å². The van der Waals surface area contributed by atoms with Gasteiger partial charge in [-0.2, -0.15) is 0 Å². The number of amides is 2. The topological polar surface area (TPSA) is 76.7 Å². The van der Waals surface area contributed by atoms with Crippen molar-refractivity contribution in [2.45, 2.75) is 44.2 Å². The van der Waals surface area contributed by atoms with Crippen LogP contribution in [0.4, 0.5) is 0 Å².